The first-order valence-corrected chi connectivity index (χ1v) is 8.09. The number of rotatable bonds is 4. The van der Waals surface area contributed by atoms with Gasteiger partial charge in [0.05, 0.1) is 38.1 Å². The van der Waals surface area contributed by atoms with Gasteiger partial charge in [-0.25, -0.2) is 4.79 Å². The van der Waals surface area contributed by atoms with Crippen LogP contribution in [0.1, 0.15) is 23.2 Å². The number of likely N-dealkylation sites (tertiary alicyclic amines) is 1. The van der Waals surface area contributed by atoms with Crippen molar-refractivity contribution < 1.29 is 23.8 Å². The molecule has 0 atom stereocenters. The zero-order valence-corrected chi connectivity index (χ0v) is 13.7. The van der Waals surface area contributed by atoms with Gasteiger partial charge in [0, 0.05) is 25.9 Å². The third-order valence-corrected chi connectivity index (χ3v) is 4.41. The zero-order chi connectivity index (χ0) is 17.0. The fourth-order valence-electron chi connectivity index (χ4n) is 3.11. The Morgan fingerprint density at radius 3 is 2.54 bits per heavy atom. The van der Waals surface area contributed by atoms with Crippen LogP contribution in [0.4, 0.5) is 5.69 Å². The maximum Gasteiger partial charge on any atom is 0.339 e. The van der Waals surface area contributed by atoms with Gasteiger partial charge >= 0.3 is 5.97 Å². The van der Waals surface area contributed by atoms with Crippen molar-refractivity contribution in [2.24, 2.45) is 0 Å². The van der Waals surface area contributed by atoms with Gasteiger partial charge in [0.25, 0.3) is 0 Å². The molecule has 1 spiro atoms. The number of methoxy groups -OCH3 is 1. The van der Waals surface area contributed by atoms with Crippen molar-refractivity contribution in [3.63, 3.8) is 0 Å². The number of para-hydroxylation sites is 1. The van der Waals surface area contributed by atoms with Gasteiger partial charge in [0.1, 0.15) is 0 Å². The molecule has 1 aromatic rings. The van der Waals surface area contributed by atoms with Crippen LogP contribution in [0.3, 0.4) is 0 Å². The molecule has 0 aliphatic carbocycles. The molecule has 2 aliphatic rings. The van der Waals surface area contributed by atoms with Crippen molar-refractivity contribution in [3.8, 4) is 0 Å². The molecule has 0 unspecified atom stereocenters. The number of piperidine rings is 1. The number of ether oxygens (including phenoxy) is 3. The van der Waals surface area contributed by atoms with Crippen molar-refractivity contribution in [2.45, 2.75) is 18.6 Å². The third-order valence-electron chi connectivity index (χ3n) is 4.41. The van der Waals surface area contributed by atoms with E-state index in [0.29, 0.717) is 24.5 Å². The second-order valence-electron chi connectivity index (χ2n) is 5.97. The van der Waals surface area contributed by atoms with Crippen LogP contribution in [0.5, 0.6) is 0 Å². The van der Waals surface area contributed by atoms with E-state index in [4.69, 9.17) is 14.2 Å². The van der Waals surface area contributed by atoms with Gasteiger partial charge in [-0.2, -0.15) is 0 Å². The Labute approximate surface area is 140 Å². The van der Waals surface area contributed by atoms with E-state index in [1.54, 1.807) is 24.3 Å². The summed E-state index contributed by atoms with van der Waals surface area (Å²) in [5, 5.41) is 2.79. The SMILES string of the molecule is COC(=O)c1ccccc1NC(=O)CN1CCC2(CC1)OCCO2. The lowest BCUT2D eigenvalue weighted by molar-refractivity contribution is -0.185. The normalized spacial score (nSPS) is 20.0. The number of esters is 1. The fraction of sp³-hybridized carbons (Fsp3) is 0.529. The summed E-state index contributed by atoms with van der Waals surface area (Å²) in [4.78, 5) is 26.1. The Balaban J connectivity index is 1.54. The van der Waals surface area contributed by atoms with Crippen LogP contribution < -0.4 is 5.32 Å². The Bertz CT molecular complexity index is 603. The number of benzene rings is 1. The van der Waals surface area contributed by atoms with Crippen molar-refractivity contribution in [1.82, 2.24) is 4.90 Å². The second kappa shape index (κ2) is 7.29. The van der Waals surface area contributed by atoms with Gasteiger partial charge in [-0.15, -0.1) is 0 Å². The van der Waals surface area contributed by atoms with E-state index >= 15 is 0 Å². The predicted octanol–water partition coefficient (Wildman–Crippen LogP) is 1.25. The van der Waals surface area contributed by atoms with E-state index in [-0.39, 0.29) is 12.5 Å². The molecule has 2 aliphatic heterocycles. The monoisotopic (exact) mass is 334 g/mol. The highest BCUT2D eigenvalue weighted by molar-refractivity contribution is 6.01. The number of nitrogens with zero attached hydrogens (tertiary/aromatic N) is 1. The Kier molecular flexibility index (Phi) is 5.13. The van der Waals surface area contributed by atoms with Crippen LogP contribution in [0.2, 0.25) is 0 Å². The topological polar surface area (TPSA) is 77.1 Å². The van der Waals surface area contributed by atoms with Gasteiger partial charge in [-0.3, -0.25) is 9.69 Å². The van der Waals surface area contributed by atoms with Gasteiger partial charge in [0.15, 0.2) is 5.79 Å². The maximum atomic E-state index is 12.3. The molecule has 1 N–H and O–H groups in total. The molecule has 1 amide bonds. The first-order valence-electron chi connectivity index (χ1n) is 8.09. The molecule has 2 fully saturated rings. The number of amides is 1. The van der Waals surface area contributed by atoms with Crippen LogP contribution in [-0.4, -0.2) is 62.5 Å². The summed E-state index contributed by atoms with van der Waals surface area (Å²) in [6.45, 7) is 3.04. The van der Waals surface area contributed by atoms with E-state index in [1.165, 1.54) is 7.11 Å². The number of anilines is 1. The lowest BCUT2D eigenvalue weighted by Crippen LogP contribution is -2.47. The predicted molar refractivity (Wildman–Crippen MR) is 86.7 cm³/mol. The standard InChI is InChI=1S/C17H22N2O5/c1-22-16(21)13-4-2-3-5-14(13)18-15(20)12-19-8-6-17(7-9-19)23-10-11-24-17/h2-5H,6-12H2,1H3,(H,18,20). The van der Waals surface area contributed by atoms with Gasteiger partial charge in [0.2, 0.25) is 5.91 Å². The second-order valence-corrected chi connectivity index (χ2v) is 5.97. The minimum absolute atomic E-state index is 0.157. The highest BCUT2D eigenvalue weighted by Crippen LogP contribution is 2.31. The molecule has 0 saturated carbocycles. The van der Waals surface area contributed by atoms with E-state index in [1.807, 2.05) is 0 Å². The molecule has 0 aromatic heterocycles. The summed E-state index contributed by atoms with van der Waals surface area (Å²) in [5.74, 6) is -1.07. The Morgan fingerprint density at radius 1 is 1.21 bits per heavy atom. The van der Waals surface area contributed by atoms with Crippen molar-refractivity contribution >= 4 is 17.6 Å². The van der Waals surface area contributed by atoms with E-state index in [2.05, 4.69) is 10.2 Å². The maximum absolute atomic E-state index is 12.3. The fourth-order valence-corrected chi connectivity index (χ4v) is 3.11. The largest absolute Gasteiger partial charge is 0.465 e. The summed E-state index contributed by atoms with van der Waals surface area (Å²) in [7, 11) is 1.32. The van der Waals surface area contributed by atoms with Gasteiger partial charge in [-0.05, 0) is 12.1 Å². The van der Waals surface area contributed by atoms with Crippen LogP contribution in [0.15, 0.2) is 24.3 Å². The summed E-state index contributed by atoms with van der Waals surface area (Å²) >= 11 is 0. The summed E-state index contributed by atoms with van der Waals surface area (Å²) in [5.41, 5.74) is 0.809. The molecule has 7 nitrogen and oxygen atoms in total. The highest BCUT2D eigenvalue weighted by atomic mass is 16.7. The zero-order valence-electron chi connectivity index (χ0n) is 13.7. The van der Waals surface area contributed by atoms with Gasteiger partial charge < -0.3 is 19.5 Å². The minimum Gasteiger partial charge on any atom is -0.465 e. The lowest BCUT2D eigenvalue weighted by Gasteiger charge is -2.37. The molecule has 3 rings (SSSR count). The quantitative estimate of drug-likeness (QED) is 0.835. The molecule has 0 bridgehead atoms. The van der Waals surface area contributed by atoms with E-state index in [9.17, 15) is 9.59 Å². The first-order chi connectivity index (χ1) is 11.6. The van der Waals surface area contributed by atoms with Crippen LogP contribution in [0, 0.1) is 0 Å². The molecular weight excluding hydrogens is 312 g/mol. The molecule has 2 heterocycles. The van der Waals surface area contributed by atoms with Crippen LogP contribution in [-0.2, 0) is 19.0 Å². The van der Waals surface area contributed by atoms with Crippen molar-refractivity contribution in [2.75, 3.05) is 45.3 Å². The summed E-state index contributed by atoms with van der Waals surface area (Å²) < 4.78 is 16.1. The summed E-state index contributed by atoms with van der Waals surface area (Å²) in [6.07, 6.45) is 1.53. The molecule has 7 heteroatoms. The Morgan fingerprint density at radius 2 is 1.88 bits per heavy atom. The average molecular weight is 334 g/mol. The lowest BCUT2D eigenvalue weighted by atomic mass is 10.0. The molecule has 1 aromatic carbocycles. The molecule has 24 heavy (non-hydrogen) atoms. The molecular formula is C17H22N2O5. The van der Waals surface area contributed by atoms with E-state index in [0.717, 1.165) is 25.9 Å². The molecule has 130 valence electrons. The number of nitrogens with one attached hydrogen (secondary N) is 1. The smallest absolute Gasteiger partial charge is 0.339 e. The van der Waals surface area contributed by atoms with Crippen molar-refractivity contribution in [3.05, 3.63) is 29.8 Å². The Hall–Kier alpha value is -1.96. The first kappa shape index (κ1) is 16.9. The minimum atomic E-state index is -0.471. The molecule has 2 saturated heterocycles. The van der Waals surface area contributed by atoms with Crippen LogP contribution >= 0.6 is 0 Å². The van der Waals surface area contributed by atoms with E-state index < -0.39 is 11.8 Å². The van der Waals surface area contributed by atoms with Crippen LogP contribution in [0.25, 0.3) is 0 Å². The van der Waals surface area contributed by atoms with Crippen molar-refractivity contribution in [1.29, 1.82) is 0 Å². The number of hydrogen-bond acceptors (Lipinski definition) is 6. The summed E-state index contributed by atoms with van der Waals surface area (Å²) in [6, 6.07) is 6.81. The number of carbonyl (C=O) groups is 2. The van der Waals surface area contributed by atoms with Gasteiger partial charge in [-0.1, -0.05) is 12.1 Å². The highest BCUT2D eigenvalue weighted by Gasteiger charge is 2.39. The number of hydrogen-bond donors (Lipinski definition) is 1. The third kappa shape index (κ3) is 3.75. The number of carbonyl (C=O) groups excluding carboxylic acids is 2. The average Bonchev–Trinajstić information content (AvgIpc) is 3.05. The molecule has 0 radical (unpaired) electrons.